The van der Waals surface area contributed by atoms with E-state index in [1.807, 2.05) is 6.08 Å². The Hall–Kier alpha value is -1.58. The topological polar surface area (TPSA) is 33.1 Å². The van der Waals surface area contributed by atoms with E-state index in [2.05, 4.69) is 64.8 Å². The molecule has 0 saturated carbocycles. The number of nitrogens with zero attached hydrogens (tertiary/aromatic N) is 1. The molecule has 1 N–H and O–H groups in total. The molecule has 2 nitrogen and oxygen atoms in total. The van der Waals surface area contributed by atoms with E-state index in [-0.39, 0.29) is 12.5 Å². The van der Waals surface area contributed by atoms with Crippen LogP contribution in [-0.2, 0) is 6.61 Å². The van der Waals surface area contributed by atoms with Gasteiger partial charge in [-0.1, -0.05) is 52.5 Å². The minimum absolute atomic E-state index is 0.0145. The maximum atomic E-state index is 10.1. The van der Waals surface area contributed by atoms with Gasteiger partial charge in [0.05, 0.1) is 12.3 Å². The van der Waals surface area contributed by atoms with E-state index in [1.54, 1.807) is 11.8 Å². The molecule has 0 fully saturated rings. The Labute approximate surface area is 150 Å². The molecule has 0 aliphatic carbocycles. The molecule has 24 heavy (non-hydrogen) atoms. The van der Waals surface area contributed by atoms with Crippen molar-refractivity contribution in [2.24, 2.45) is 0 Å². The molecule has 3 heteroatoms. The zero-order chi connectivity index (χ0) is 17.9. The Bertz CT molecular complexity index is 718. The molecule has 0 bridgehead atoms. The van der Waals surface area contributed by atoms with Crippen molar-refractivity contribution in [1.29, 1.82) is 0 Å². The molecule has 0 amide bonds. The predicted molar refractivity (Wildman–Crippen MR) is 106 cm³/mol. The summed E-state index contributed by atoms with van der Waals surface area (Å²) in [4.78, 5) is 6.13. The van der Waals surface area contributed by atoms with Gasteiger partial charge in [0.25, 0.3) is 0 Å². The average Bonchev–Trinajstić information content (AvgIpc) is 2.59. The van der Waals surface area contributed by atoms with Crippen molar-refractivity contribution in [2.45, 2.75) is 51.0 Å². The molecule has 0 spiro atoms. The lowest BCUT2D eigenvalue weighted by Crippen LogP contribution is -2.10. The van der Waals surface area contributed by atoms with Gasteiger partial charge in [0, 0.05) is 21.7 Å². The fourth-order valence-electron chi connectivity index (χ4n) is 3.05. The highest BCUT2D eigenvalue weighted by Gasteiger charge is 2.21. The smallest absolute Gasteiger partial charge is 0.0706 e. The second-order valence-electron chi connectivity index (χ2n) is 6.55. The Morgan fingerprint density at radius 1 is 1.08 bits per heavy atom. The van der Waals surface area contributed by atoms with Crippen LogP contribution in [0, 0.1) is 0 Å². The van der Waals surface area contributed by atoms with Gasteiger partial charge in [-0.3, -0.25) is 4.98 Å². The van der Waals surface area contributed by atoms with Gasteiger partial charge in [0.2, 0.25) is 0 Å². The summed E-state index contributed by atoms with van der Waals surface area (Å²) < 4.78 is 0. The highest BCUT2D eigenvalue weighted by molar-refractivity contribution is 7.98. The van der Waals surface area contributed by atoms with E-state index in [4.69, 9.17) is 4.98 Å². The Balaban J connectivity index is 2.85. The molecular weight excluding hydrogens is 314 g/mol. The van der Waals surface area contributed by atoms with Crippen LogP contribution in [0.3, 0.4) is 0 Å². The van der Waals surface area contributed by atoms with Crippen molar-refractivity contribution in [3.63, 3.8) is 0 Å². The van der Waals surface area contributed by atoms with Crippen LogP contribution in [0.1, 0.15) is 62.0 Å². The first-order chi connectivity index (χ1) is 11.4. The molecular formula is C21H27NOS. The van der Waals surface area contributed by atoms with Crippen molar-refractivity contribution in [3.05, 3.63) is 53.4 Å². The van der Waals surface area contributed by atoms with Crippen LogP contribution in [0.4, 0.5) is 0 Å². The van der Waals surface area contributed by atoms with Crippen LogP contribution in [0.15, 0.2) is 35.7 Å². The van der Waals surface area contributed by atoms with Crippen molar-refractivity contribution in [1.82, 2.24) is 4.98 Å². The van der Waals surface area contributed by atoms with E-state index in [0.29, 0.717) is 5.92 Å². The summed E-state index contributed by atoms with van der Waals surface area (Å²) in [5.74, 6) is 0.556. The normalized spacial score (nSPS) is 11.3. The Kier molecular flexibility index (Phi) is 6.25. The zero-order valence-electron chi connectivity index (χ0n) is 15.3. The van der Waals surface area contributed by atoms with E-state index in [9.17, 15) is 5.11 Å². The number of pyridine rings is 1. The van der Waals surface area contributed by atoms with Crippen LogP contribution < -0.4 is 0 Å². The average molecular weight is 342 g/mol. The van der Waals surface area contributed by atoms with Gasteiger partial charge >= 0.3 is 0 Å². The summed E-state index contributed by atoms with van der Waals surface area (Å²) >= 11 is 1.73. The molecule has 0 saturated heterocycles. The van der Waals surface area contributed by atoms with E-state index >= 15 is 0 Å². The lowest BCUT2D eigenvalue weighted by Gasteiger charge is -2.22. The first-order valence-electron chi connectivity index (χ1n) is 8.38. The second-order valence-corrected chi connectivity index (χ2v) is 7.43. The van der Waals surface area contributed by atoms with Gasteiger partial charge in [-0.2, -0.15) is 0 Å². The van der Waals surface area contributed by atoms with Gasteiger partial charge in [0.1, 0.15) is 0 Å². The lowest BCUT2D eigenvalue weighted by atomic mass is 9.87. The minimum Gasteiger partial charge on any atom is -0.392 e. The molecule has 0 aliphatic rings. The van der Waals surface area contributed by atoms with Gasteiger partial charge < -0.3 is 5.11 Å². The molecule has 0 atom stereocenters. The second kappa shape index (κ2) is 8.00. The van der Waals surface area contributed by atoms with Crippen LogP contribution in [-0.4, -0.2) is 16.3 Å². The minimum atomic E-state index is -0.0145. The van der Waals surface area contributed by atoms with Crippen LogP contribution in [0.25, 0.3) is 17.2 Å². The fourth-order valence-corrected chi connectivity index (χ4v) is 3.46. The quantitative estimate of drug-likeness (QED) is 0.669. The summed E-state index contributed by atoms with van der Waals surface area (Å²) in [6, 6.07) is 8.50. The van der Waals surface area contributed by atoms with Gasteiger partial charge in [0.15, 0.2) is 0 Å². The number of hydrogen-bond acceptors (Lipinski definition) is 3. The van der Waals surface area contributed by atoms with Crippen LogP contribution in [0.2, 0.25) is 0 Å². The number of aromatic nitrogens is 1. The van der Waals surface area contributed by atoms with Crippen molar-refractivity contribution in [3.8, 4) is 11.1 Å². The SMILES string of the molecule is C=Cc1c(C(C)C)nc(C(C)C)c(CO)c1-c1ccc(SC)cc1. The van der Waals surface area contributed by atoms with Gasteiger partial charge in [-0.25, -0.2) is 0 Å². The number of hydrogen-bond donors (Lipinski definition) is 1. The summed E-state index contributed by atoms with van der Waals surface area (Å²) in [5, 5.41) is 10.1. The van der Waals surface area contributed by atoms with Crippen LogP contribution >= 0.6 is 11.8 Å². The third-order valence-corrected chi connectivity index (χ3v) is 4.98. The molecule has 128 valence electrons. The van der Waals surface area contributed by atoms with Gasteiger partial charge in [-0.15, -0.1) is 11.8 Å². The first-order valence-corrected chi connectivity index (χ1v) is 9.61. The highest BCUT2D eigenvalue weighted by Crippen LogP contribution is 2.37. The summed E-state index contributed by atoms with van der Waals surface area (Å²) in [6.07, 6.45) is 3.95. The summed E-state index contributed by atoms with van der Waals surface area (Å²) in [5.41, 5.74) is 6.17. The molecule has 1 aromatic carbocycles. The molecule has 1 heterocycles. The van der Waals surface area contributed by atoms with Crippen molar-refractivity contribution in [2.75, 3.05) is 6.26 Å². The maximum absolute atomic E-state index is 10.1. The first kappa shape index (κ1) is 18.8. The number of aliphatic hydroxyl groups is 1. The van der Waals surface area contributed by atoms with Crippen LogP contribution in [0.5, 0.6) is 0 Å². The molecule has 2 rings (SSSR count). The predicted octanol–water partition coefficient (Wildman–Crippen LogP) is 5.85. The molecule has 0 radical (unpaired) electrons. The number of aliphatic hydroxyl groups excluding tert-OH is 1. The fraction of sp³-hybridized carbons (Fsp3) is 0.381. The van der Waals surface area contributed by atoms with E-state index < -0.39 is 0 Å². The number of thioether (sulfide) groups is 1. The monoisotopic (exact) mass is 341 g/mol. The maximum Gasteiger partial charge on any atom is 0.0706 e. The van der Waals surface area contributed by atoms with E-state index in [1.165, 1.54) is 4.90 Å². The Morgan fingerprint density at radius 3 is 2.08 bits per heavy atom. The van der Waals surface area contributed by atoms with Crippen molar-refractivity contribution < 1.29 is 5.11 Å². The zero-order valence-corrected chi connectivity index (χ0v) is 16.1. The van der Waals surface area contributed by atoms with Gasteiger partial charge in [-0.05, 0) is 41.4 Å². The van der Waals surface area contributed by atoms with E-state index in [0.717, 1.165) is 33.6 Å². The Morgan fingerprint density at radius 2 is 1.67 bits per heavy atom. The lowest BCUT2D eigenvalue weighted by molar-refractivity contribution is 0.280. The highest BCUT2D eigenvalue weighted by atomic mass is 32.2. The third-order valence-electron chi connectivity index (χ3n) is 4.23. The number of benzene rings is 1. The summed E-state index contributed by atoms with van der Waals surface area (Å²) in [6.45, 7) is 12.6. The molecule has 0 unspecified atom stereocenters. The molecule has 2 aromatic rings. The third kappa shape index (κ3) is 3.57. The molecule has 0 aliphatic heterocycles. The molecule has 1 aromatic heterocycles. The number of rotatable bonds is 6. The summed E-state index contributed by atoms with van der Waals surface area (Å²) in [7, 11) is 0. The largest absolute Gasteiger partial charge is 0.392 e. The van der Waals surface area contributed by atoms with Crippen molar-refractivity contribution >= 4 is 17.8 Å². The standard InChI is InChI=1S/C21H27NOS/c1-7-17-19(15-8-10-16(24-6)11-9-15)18(12-23)21(14(4)5)22-20(17)13(2)3/h7-11,13-14,23H,1,12H2,2-6H3.